The molecule has 0 saturated carbocycles. The third kappa shape index (κ3) is 3.25. The third-order valence-corrected chi connectivity index (χ3v) is 5.64. The number of rotatable bonds is 3. The lowest BCUT2D eigenvalue weighted by molar-refractivity contribution is 0.00578. The molecule has 1 aliphatic heterocycles. The molecule has 3 rings (SSSR count). The SMILES string of the molecule is CC1(C)OB(c2ccc3cccc(O[Si](C)(C)C)c3c2)OC1(C)C. The molecule has 0 bridgehead atoms. The van der Waals surface area contributed by atoms with E-state index in [1.807, 2.05) is 6.07 Å². The standard InChI is InChI=1S/C19H27BO3Si/c1-18(2)19(3,4)23-20(22-18)15-12-11-14-9-8-10-17(16(14)13-15)21-24(5,6)7/h8-13H,1-7H3. The molecule has 0 spiro atoms. The van der Waals surface area contributed by atoms with Crippen LogP contribution in [-0.4, -0.2) is 26.6 Å². The van der Waals surface area contributed by atoms with E-state index in [9.17, 15) is 0 Å². The van der Waals surface area contributed by atoms with Crippen LogP contribution in [0.4, 0.5) is 0 Å². The fraction of sp³-hybridized carbons (Fsp3) is 0.474. The van der Waals surface area contributed by atoms with Gasteiger partial charge in [0.25, 0.3) is 0 Å². The van der Waals surface area contributed by atoms with Gasteiger partial charge >= 0.3 is 7.12 Å². The highest BCUT2D eigenvalue weighted by atomic mass is 28.4. The third-order valence-electron chi connectivity index (χ3n) is 4.81. The lowest BCUT2D eigenvalue weighted by Gasteiger charge is -2.32. The van der Waals surface area contributed by atoms with Crippen LogP contribution in [0.25, 0.3) is 10.8 Å². The van der Waals surface area contributed by atoms with Gasteiger partial charge in [-0.2, -0.15) is 0 Å². The van der Waals surface area contributed by atoms with Crippen molar-refractivity contribution in [2.75, 3.05) is 0 Å². The minimum Gasteiger partial charge on any atom is -0.544 e. The summed E-state index contributed by atoms with van der Waals surface area (Å²) < 4.78 is 18.6. The van der Waals surface area contributed by atoms with Crippen molar-refractivity contribution in [3.8, 4) is 5.75 Å². The molecule has 5 heteroatoms. The molecule has 0 amide bonds. The topological polar surface area (TPSA) is 27.7 Å². The maximum Gasteiger partial charge on any atom is 0.494 e. The Morgan fingerprint density at radius 1 is 0.917 bits per heavy atom. The fourth-order valence-electron chi connectivity index (χ4n) is 2.81. The molecular weight excluding hydrogens is 315 g/mol. The van der Waals surface area contributed by atoms with Crippen molar-refractivity contribution >= 4 is 31.7 Å². The molecule has 1 saturated heterocycles. The second kappa shape index (κ2) is 5.61. The normalized spacial score (nSPS) is 19.7. The number of hydrogen-bond donors (Lipinski definition) is 0. The van der Waals surface area contributed by atoms with E-state index in [1.165, 1.54) is 5.39 Å². The summed E-state index contributed by atoms with van der Waals surface area (Å²) in [6, 6.07) is 12.6. The zero-order valence-electron chi connectivity index (χ0n) is 15.8. The lowest BCUT2D eigenvalue weighted by Crippen LogP contribution is -2.41. The van der Waals surface area contributed by atoms with Crippen LogP contribution in [0.2, 0.25) is 19.6 Å². The van der Waals surface area contributed by atoms with Crippen LogP contribution in [0.1, 0.15) is 27.7 Å². The van der Waals surface area contributed by atoms with E-state index in [0.29, 0.717) is 0 Å². The molecule has 0 N–H and O–H groups in total. The summed E-state index contributed by atoms with van der Waals surface area (Å²) in [6.07, 6.45) is 0. The molecule has 0 aliphatic carbocycles. The lowest BCUT2D eigenvalue weighted by atomic mass is 9.78. The maximum atomic E-state index is 6.27. The Morgan fingerprint density at radius 3 is 2.12 bits per heavy atom. The van der Waals surface area contributed by atoms with Crippen molar-refractivity contribution in [3.63, 3.8) is 0 Å². The quantitative estimate of drug-likeness (QED) is 0.776. The molecule has 0 atom stereocenters. The van der Waals surface area contributed by atoms with E-state index in [4.69, 9.17) is 13.7 Å². The molecule has 0 unspecified atom stereocenters. The monoisotopic (exact) mass is 342 g/mol. The Morgan fingerprint density at radius 2 is 1.54 bits per heavy atom. The van der Waals surface area contributed by atoms with Crippen molar-refractivity contribution in [2.24, 2.45) is 0 Å². The smallest absolute Gasteiger partial charge is 0.494 e. The molecule has 128 valence electrons. The molecule has 2 aromatic carbocycles. The average Bonchev–Trinajstić information content (AvgIpc) is 2.66. The van der Waals surface area contributed by atoms with Gasteiger partial charge in [-0.05, 0) is 64.3 Å². The first-order valence-corrected chi connectivity index (χ1v) is 12.0. The molecule has 1 heterocycles. The molecular formula is C19H27BO3Si. The summed E-state index contributed by atoms with van der Waals surface area (Å²) >= 11 is 0. The van der Waals surface area contributed by atoms with Gasteiger partial charge in [-0.15, -0.1) is 0 Å². The molecule has 1 aliphatic rings. The molecule has 1 fully saturated rings. The Labute approximate surface area is 146 Å². The average molecular weight is 342 g/mol. The van der Waals surface area contributed by atoms with Crippen molar-refractivity contribution in [2.45, 2.75) is 58.5 Å². The minimum absolute atomic E-state index is 0.332. The van der Waals surface area contributed by atoms with Gasteiger partial charge in [0.05, 0.1) is 11.2 Å². The summed E-state index contributed by atoms with van der Waals surface area (Å²) in [5, 5.41) is 2.29. The first-order chi connectivity index (χ1) is 11.0. The van der Waals surface area contributed by atoms with Gasteiger partial charge < -0.3 is 13.7 Å². The van der Waals surface area contributed by atoms with Gasteiger partial charge in [0, 0.05) is 5.39 Å². The molecule has 0 radical (unpaired) electrons. The molecule has 2 aromatic rings. The molecule has 24 heavy (non-hydrogen) atoms. The van der Waals surface area contributed by atoms with Crippen LogP contribution < -0.4 is 9.89 Å². The predicted molar refractivity (Wildman–Crippen MR) is 104 cm³/mol. The van der Waals surface area contributed by atoms with Gasteiger partial charge in [-0.25, -0.2) is 0 Å². The highest BCUT2D eigenvalue weighted by Crippen LogP contribution is 2.37. The van der Waals surface area contributed by atoms with Gasteiger partial charge in [0.2, 0.25) is 8.32 Å². The van der Waals surface area contributed by atoms with E-state index in [1.54, 1.807) is 0 Å². The van der Waals surface area contributed by atoms with Gasteiger partial charge in [-0.1, -0.05) is 30.3 Å². The Hall–Kier alpha value is -1.30. The summed E-state index contributed by atoms with van der Waals surface area (Å²) in [4.78, 5) is 0. The fourth-order valence-corrected chi connectivity index (χ4v) is 3.64. The summed E-state index contributed by atoms with van der Waals surface area (Å²) in [5.74, 6) is 0.949. The Balaban J connectivity index is 2.01. The summed E-state index contributed by atoms with van der Waals surface area (Å²) in [6.45, 7) is 14.9. The van der Waals surface area contributed by atoms with Crippen LogP contribution in [0.15, 0.2) is 36.4 Å². The minimum atomic E-state index is -1.67. The highest BCUT2D eigenvalue weighted by molar-refractivity contribution is 6.70. The second-order valence-corrected chi connectivity index (χ2v) is 13.0. The number of fused-ring (bicyclic) bond motifs is 1. The largest absolute Gasteiger partial charge is 0.544 e. The zero-order valence-corrected chi connectivity index (χ0v) is 16.8. The Kier molecular flexibility index (Phi) is 4.10. The van der Waals surface area contributed by atoms with E-state index in [0.717, 1.165) is 16.6 Å². The van der Waals surface area contributed by atoms with Crippen LogP contribution in [0.3, 0.4) is 0 Å². The first kappa shape index (κ1) is 17.5. The highest BCUT2D eigenvalue weighted by Gasteiger charge is 2.51. The van der Waals surface area contributed by atoms with E-state index < -0.39 is 8.32 Å². The Bertz CT molecular complexity index is 749. The van der Waals surface area contributed by atoms with E-state index in [2.05, 4.69) is 77.7 Å². The van der Waals surface area contributed by atoms with Crippen molar-refractivity contribution < 1.29 is 13.7 Å². The van der Waals surface area contributed by atoms with Crippen molar-refractivity contribution in [3.05, 3.63) is 36.4 Å². The maximum absolute atomic E-state index is 6.27. The molecule has 0 aromatic heterocycles. The van der Waals surface area contributed by atoms with Gasteiger partial charge in [0.1, 0.15) is 5.75 Å². The van der Waals surface area contributed by atoms with Crippen LogP contribution in [0.5, 0.6) is 5.75 Å². The van der Waals surface area contributed by atoms with Gasteiger partial charge in [-0.3, -0.25) is 0 Å². The van der Waals surface area contributed by atoms with E-state index >= 15 is 0 Å². The van der Waals surface area contributed by atoms with Crippen LogP contribution >= 0.6 is 0 Å². The van der Waals surface area contributed by atoms with Gasteiger partial charge in [0.15, 0.2) is 0 Å². The van der Waals surface area contributed by atoms with Crippen molar-refractivity contribution in [1.82, 2.24) is 0 Å². The second-order valence-electron chi connectivity index (χ2n) is 8.54. The van der Waals surface area contributed by atoms with Crippen LogP contribution in [-0.2, 0) is 9.31 Å². The number of benzene rings is 2. The summed E-state index contributed by atoms with van der Waals surface area (Å²) in [5.41, 5.74) is 0.370. The summed E-state index contributed by atoms with van der Waals surface area (Å²) in [7, 11) is -2.02. The van der Waals surface area contributed by atoms with E-state index in [-0.39, 0.29) is 18.3 Å². The molecule has 3 nitrogen and oxygen atoms in total. The predicted octanol–water partition coefficient (Wildman–Crippen LogP) is 4.35. The van der Waals surface area contributed by atoms with Crippen LogP contribution in [0, 0.1) is 0 Å². The number of hydrogen-bond acceptors (Lipinski definition) is 3. The first-order valence-electron chi connectivity index (χ1n) is 8.56. The zero-order chi connectivity index (χ0) is 17.8. The van der Waals surface area contributed by atoms with Crippen molar-refractivity contribution in [1.29, 1.82) is 0 Å².